The zero-order valence-corrected chi connectivity index (χ0v) is 17.5. The maximum absolute atomic E-state index is 4.89. The standard InChI is InChI=1S/C27H27N3/c1-21-10-12-22(13-11-21)20-29-14-16-30(17-15-29)28-19-27-25-8-4-2-6-23(25)18-24-7-3-5-9-26(24)27/h2-13,18-19H,14-17,20H2,1H3/b28-19-. The van der Waals surface area contributed by atoms with Gasteiger partial charge in [0.1, 0.15) is 0 Å². The number of aryl methyl sites for hydroxylation is 1. The van der Waals surface area contributed by atoms with Gasteiger partial charge in [-0.2, -0.15) is 5.10 Å². The zero-order chi connectivity index (χ0) is 20.3. The van der Waals surface area contributed by atoms with Crippen LogP contribution < -0.4 is 0 Å². The summed E-state index contributed by atoms with van der Waals surface area (Å²) in [6, 6.07) is 28.3. The summed E-state index contributed by atoms with van der Waals surface area (Å²) in [5, 5.41) is 12.2. The van der Waals surface area contributed by atoms with Crippen molar-refractivity contribution in [2.24, 2.45) is 5.10 Å². The minimum Gasteiger partial charge on any atom is -0.295 e. The average Bonchev–Trinajstić information content (AvgIpc) is 2.79. The summed E-state index contributed by atoms with van der Waals surface area (Å²) in [6.07, 6.45) is 2.07. The highest BCUT2D eigenvalue weighted by molar-refractivity contribution is 6.13. The molecule has 0 spiro atoms. The Morgan fingerprint density at radius 3 is 2.00 bits per heavy atom. The van der Waals surface area contributed by atoms with Crippen molar-refractivity contribution in [3.05, 3.63) is 95.6 Å². The Kier molecular flexibility index (Phi) is 5.20. The summed E-state index contributed by atoms with van der Waals surface area (Å²) in [5.41, 5.74) is 3.92. The molecule has 1 aliphatic heterocycles. The Morgan fingerprint density at radius 1 is 0.767 bits per heavy atom. The molecule has 0 unspecified atom stereocenters. The molecule has 30 heavy (non-hydrogen) atoms. The SMILES string of the molecule is Cc1ccc(CN2CCN(/N=C\c3c4ccccc4cc4ccccc34)CC2)cc1. The van der Waals surface area contributed by atoms with Crippen molar-refractivity contribution in [1.82, 2.24) is 9.91 Å². The molecule has 4 aromatic rings. The second-order valence-corrected chi connectivity index (χ2v) is 8.19. The largest absolute Gasteiger partial charge is 0.295 e. The number of hydrogen-bond acceptors (Lipinski definition) is 3. The van der Waals surface area contributed by atoms with Crippen LogP contribution in [0.1, 0.15) is 16.7 Å². The van der Waals surface area contributed by atoms with Crippen LogP contribution in [0, 0.1) is 6.92 Å². The van der Waals surface area contributed by atoms with Gasteiger partial charge in [0.2, 0.25) is 0 Å². The van der Waals surface area contributed by atoms with E-state index in [1.807, 2.05) is 0 Å². The van der Waals surface area contributed by atoms with E-state index in [9.17, 15) is 0 Å². The van der Waals surface area contributed by atoms with E-state index in [0.717, 1.165) is 32.7 Å². The first-order chi connectivity index (χ1) is 14.8. The van der Waals surface area contributed by atoms with Crippen molar-refractivity contribution in [3.63, 3.8) is 0 Å². The highest BCUT2D eigenvalue weighted by Crippen LogP contribution is 2.27. The molecule has 0 atom stereocenters. The van der Waals surface area contributed by atoms with Crippen LogP contribution >= 0.6 is 0 Å². The Hall–Kier alpha value is -3.17. The summed E-state index contributed by atoms with van der Waals surface area (Å²) in [5.74, 6) is 0. The Labute approximate surface area is 178 Å². The van der Waals surface area contributed by atoms with Crippen LogP contribution in [0.15, 0.2) is 84.0 Å². The van der Waals surface area contributed by atoms with E-state index in [2.05, 4.69) is 102 Å². The molecule has 5 rings (SSSR count). The van der Waals surface area contributed by atoms with Gasteiger partial charge in [0, 0.05) is 38.3 Å². The Balaban J connectivity index is 1.32. The molecule has 4 aromatic carbocycles. The summed E-state index contributed by atoms with van der Waals surface area (Å²) in [7, 11) is 0. The fourth-order valence-corrected chi connectivity index (χ4v) is 4.29. The van der Waals surface area contributed by atoms with Crippen molar-refractivity contribution in [2.45, 2.75) is 13.5 Å². The lowest BCUT2D eigenvalue weighted by Gasteiger charge is -2.33. The molecule has 3 nitrogen and oxygen atoms in total. The van der Waals surface area contributed by atoms with Gasteiger partial charge in [-0.3, -0.25) is 9.91 Å². The van der Waals surface area contributed by atoms with Crippen LogP contribution in [0.2, 0.25) is 0 Å². The quantitative estimate of drug-likeness (QED) is 0.339. The number of fused-ring (bicyclic) bond motifs is 2. The second-order valence-electron chi connectivity index (χ2n) is 8.19. The lowest BCUT2D eigenvalue weighted by atomic mass is 9.97. The van der Waals surface area contributed by atoms with E-state index >= 15 is 0 Å². The molecule has 0 N–H and O–H groups in total. The molecule has 0 radical (unpaired) electrons. The van der Waals surface area contributed by atoms with Crippen molar-refractivity contribution in [3.8, 4) is 0 Å². The maximum atomic E-state index is 4.89. The van der Waals surface area contributed by atoms with E-state index in [1.54, 1.807) is 0 Å². The van der Waals surface area contributed by atoms with Crippen molar-refractivity contribution in [2.75, 3.05) is 26.2 Å². The first-order valence-corrected chi connectivity index (χ1v) is 10.7. The van der Waals surface area contributed by atoms with Crippen LogP contribution in [0.3, 0.4) is 0 Å². The minimum absolute atomic E-state index is 0.963. The molecule has 0 bridgehead atoms. The summed E-state index contributed by atoms with van der Waals surface area (Å²) >= 11 is 0. The van der Waals surface area contributed by atoms with E-state index < -0.39 is 0 Å². The van der Waals surface area contributed by atoms with Crippen LogP contribution in [0.4, 0.5) is 0 Å². The number of rotatable bonds is 4. The normalized spacial score (nSPS) is 15.4. The molecule has 3 heteroatoms. The molecule has 1 saturated heterocycles. The molecule has 0 aromatic heterocycles. The monoisotopic (exact) mass is 393 g/mol. The van der Waals surface area contributed by atoms with Gasteiger partial charge < -0.3 is 0 Å². The van der Waals surface area contributed by atoms with Crippen molar-refractivity contribution < 1.29 is 0 Å². The maximum Gasteiger partial charge on any atom is 0.0555 e. The first-order valence-electron chi connectivity index (χ1n) is 10.7. The number of nitrogens with zero attached hydrogens (tertiary/aromatic N) is 3. The summed E-state index contributed by atoms with van der Waals surface area (Å²) < 4.78 is 0. The van der Waals surface area contributed by atoms with Gasteiger partial charge in [0.05, 0.1) is 6.21 Å². The van der Waals surface area contributed by atoms with E-state index in [-0.39, 0.29) is 0 Å². The van der Waals surface area contributed by atoms with Gasteiger partial charge in [-0.1, -0.05) is 78.4 Å². The first kappa shape index (κ1) is 18.8. The zero-order valence-electron chi connectivity index (χ0n) is 17.5. The summed E-state index contributed by atoms with van der Waals surface area (Å²) in [4.78, 5) is 2.52. The average molecular weight is 394 g/mol. The third-order valence-electron chi connectivity index (χ3n) is 6.04. The third kappa shape index (κ3) is 3.94. The molecule has 0 amide bonds. The highest BCUT2D eigenvalue weighted by Gasteiger charge is 2.15. The minimum atomic E-state index is 0.963. The van der Waals surface area contributed by atoms with Crippen LogP contribution in [0.5, 0.6) is 0 Å². The van der Waals surface area contributed by atoms with Gasteiger partial charge in [0.15, 0.2) is 0 Å². The van der Waals surface area contributed by atoms with E-state index in [4.69, 9.17) is 5.10 Å². The van der Waals surface area contributed by atoms with Crippen molar-refractivity contribution in [1.29, 1.82) is 0 Å². The van der Waals surface area contributed by atoms with Gasteiger partial charge in [0.25, 0.3) is 0 Å². The number of benzene rings is 4. The predicted molar refractivity (Wildman–Crippen MR) is 127 cm³/mol. The number of hydrogen-bond donors (Lipinski definition) is 0. The Morgan fingerprint density at radius 2 is 1.37 bits per heavy atom. The highest BCUT2D eigenvalue weighted by atomic mass is 15.5. The molecular formula is C27H27N3. The molecule has 150 valence electrons. The van der Waals surface area contributed by atoms with Crippen molar-refractivity contribution >= 4 is 27.8 Å². The molecule has 1 heterocycles. The fraction of sp³-hybridized carbons (Fsp3) is 0.222. The number of piperazine rings is 1. The third-order valence-corrected chi connectivity index (χ3v) is 6.04. The smallest absolute Gasteiger partial charge is 0.0555 e. The lowest BCUT2D eigenvalue weighted by Crippen LogP contribution is -2.43. The van der Waals surface area contributed by atoms with E-state index in [0.29, 0.717) is 0 Å². The molecule has 1 fully saturated rings. The fourth-order valence-electron chi connectivity index (χ4n) is 4.29. The van der Waals surface area contributed by atoms with Crippen LogP contribution in [0.25, 0.3) is 21.5 Å². The topological polar surface area (TPSA) is 18.8 Å². The molecule has 1 aliphatic rings. The van der Waals surface area contributed by atoms with Gasteiger partial charge >= 0.3 is 0 Å². The van der Waals surface area contributed by atoms with Crippen LogP contribution in [-0.4, -0.2) is 42.3 Å². The Bertz CT molecular complexity index is 1130. The second kappa shape index (κ2) is 8.29. The molecule has 0 aliphatic carbocycles. The summed E-state index contributed by atoms with van der Waals surface area (Å²) in [6.45, 7) is 7.17. The molecular weight excluding hydrogens is 366 g/mol. The van der Waals surface area contributed by atoms with Gasteiger partial charge in [-0.25, -0.2) is 0 Å². The molecule has 0 saturated carbocycles. The lowest BCUT2D eigenvalue weighted by molar-refractivity contribution is 0.131. The van der Waals surface area contributed by atoms with Gasteiger partial charge in [-0.05, 0) is 40.1 Å². The van der Waals surface area contributed by atoms with Crippen LogP contribution in [-0.2, 0) is 6.54 Å². The van der Waals surface area contributed by atoms with E-state index in [1.165, 1.54) is 38.2 Å². The number of hydrazone groups is 1. The van der Waals surface area contributed by atoms with Gasteiger partial charge in [-0.15, -0.1) is 0 Å². The predicted octanol–water partition coefficient (Wildman–Crippen LogP) is 5.45.